The zero-order valence-corrected chi connectivity index (χ0v) is 15.7. The van der Waals surface area contributed by atoms with Crippen molar-refractivity contribution in [2.75, 3.05) is 10.6 Å². The fourth-order valence-electron chi connectivity index (χ4n) is 3.63. The van der Waals surface area contributed by atoms with Crippen molar-refractivity contribution in [1.82, 2.24) is 19.7 Å². The van der Waals surface area contributed by atoms with Crippen LogP contribution in [0.25, 0.3) is 10.9 Å². The molecule has 4 rings (SSSR count). The van der Waals surface area contributed by atoms with Crippen LogP contribution in [-0.2, 0) is 7.05 Å². The number of hydrogen-bond donors (Lipinski definition) is 4. The Hall–Kier alpha value is -3.20. The predicted molar refractivity (Wildman–Crippen MR) is 108 cm³/mol. The molecule has 0 unspecified atom stereocenters. The van der Waals surface area contributed by atoms with Crippen LogP contribution in [0, 0.1) is 0 Å². The topological polar surface area (TPSA) is 137 Å². The van der Waals surface area contributed by atoms with E-state index in [0.717, 1.165) is 42.3 Å². The second kappa shape index (κ2) is 7.43. The van der Waals surface area contributed by atoms with Gasteiger partial charge in [-0.05, 0) is 43.9 Å². The Morgan fingerprint density at radius 3 is 2.71 bits per heavy atom. The number of nitrogens with zero attached hydrogens (tertiary/aromatic N) is 4. The number of carbonyl (C=O) groups excluding carboxylic acids is 1. The Bertz CT molecular complexity index is 1010. The third-order valence-corrected chi connectivity index (χ3v) is 5.21. The zero-order chi connectivity index (χ0) is 19.7. The number of aromatic nitrogens is 4. The van der Waals surface area contributed by atoms with E-state index in [9.17, 15) is 4.79 Å². The largest absolute Gasteiger partial charge is 0.364 e. The number of amides is 1. The summed E-state index contributed by atoms with van der Waals surface area (Å²) in [4.78, 5) is 16.3. The summed E-state index contributed by atoms with van der Waals surface area (Å²) in [6.45, 7) is 0. The lowest BCUT2D eigenvalue weighted by Crippen LogP contribution is -2.33. The maximum atomic E-state index is 11.8. The maximum absolute atomic E-state index is 11.8. The number of benzene rings is 1. The fourth-order valence-corrected chi connectivity index (χ4v) is 3.63. The van der Waals surface area contributed by atoms with Crippen LogP contribution >= 0.6 is 0 Å². The quantitative estimate of drug-likeness (QED) is 0.530. The Morgan fingerprint density at radius 1 is 1.18 bits per heavy atom. The summed E-state index contributed by atoms with van der Waals surface area (Å²) >= 11 is 0. The number of nitrogens with two attached hydrogens (primary N) is 2. The summed E-state index contributed by atoms with van der Waals surface area (Å²) in [6, 6.07) is 8.39. The van der Waals surface area contributed by atoms with Crippen LogP contribution < -0.4 is 22.1 Å². The van der Waals surface area contributed by atoms with Crippen molar-refractivity contribution in [3.8, 4) is 0 Å². The lowest BCUT2D eigenvalue weighted by Gasteiger charge is -2.26. The van der Waals surface area contributed by atoms with Crippen LogP contribution in [0.2, 0.25) is 0 Å². The van der Waals surface area contributed by atoms with Gasteiger partial charge in [-0.15, -0.1) is 10.2 Å². The Labute approximate surface area is 162 Å². The van der Waals surface area contributed by atoms with Crippen LogP contribution in [0.4, 0.5) is 17.5 Å². The van der Waals surface area contributed by atoms with Crippen LogP contribution in [0.3, 0.4) is 0 Å². The molecule has 0 aliphatic heterocycles. The van der Waals surface area contributed by atoms with Crippen molar-refractivity contribution in [3.05, 3.63) is 36.2 Å². The van der Waals surface area contributed by atoms with E-state index < -0.39 is 5.91 Å². The normalized spacial score (nSPS) is 19.5. The molecule has 0 radical (unpaired) electrons. The number of carbonyl (C=O) groups is 1. The number of aryl methyl sites for hydroxylation is 1. The van der Waals surface area contributed by atoms with Crippen LogP contribution in [0.15, 0.2) is 30.5 Å². The Kier molecular flexibility index (Phi) is 4.82. The van der Waals surface area contributed by atoms with Crippen LogP contribution in [-0.4, -0.2) is 37.7 Å². The molecule has 1 saturated carbocycles. The average molecular weight is 380 g/mol. The highest BCUT2D eigenvalue weighted by Crippen LogP contribution is 2.28. The molecule has 3 aromatic rings. The number of hydrogen-bond acceptors (Lipinski definition) is 7. The molecule has 0 spiro atoms. The minimum absolute atomic E-state index is 0.00384. The smallest absolute Gasteiger partial charge is 0.273 e. The fraction of sp³-hybridized carbons (Fsp3) is 0.368. The molecule has 1 fully saturated rings. The van der Waals surface area contributed by atoms with E-state index in [1.54, 1.807) is 0 Å². The highest BCUT2D eigenvalue weighted by Gasteiger charge is 2.21. The summed E-state index contributed by atoms with van der Waals surface area (Å²) < 4.78 is 2.02. The van der Waals surface area contributed by atoms with E-state index in [1.165, 1.54) is 0 Å². The molecule has 0 atom stereocenters. The minimum Gasteiger partial charge on any atom is -0.364 e. The Morgan fingerprint density at radius 2 is 1.96 bits per heavy atom. The molecule has 2 aromatic heterocycles. The van der Waals surface area contributed by atoms with Gasteiger partial charge in [-0.3, -0.25) is 4.79 Å². The summed E-state index contributed by atoms with van der Waals surface area (Å²) in [5.41, 5.74) is 13.3. The molecule has 6 N–H and O–H groups in total. The molecule has 1 aromatic carbocycles. The van der Waals surface area contributed by atoms with E-state index >= 15 is 0 Å². The van der Waals surface area contributed by atoms with Crippen molar-refractivity contribution in [1.29, 1.82) is 0 Å². The van der Waals surface area contributed by atoms with Gasteiger partial charge in [0.2, 0.25) is 5.95 Å². The van der Waals surface area contributed by atoms with Gasteiger partial charge in [-0.25, -0.2) is 0 Å². The molecule has 1 amide bonds. The first-order chi connectivity index (χ1) is 13.5. The van der Waals surface area contributed by atoms with Gasteiger partial charge in [-0.2, -0.15) is 4.98 Å². The van der Waals surface area contributed by atoms with Gasteiger partial charge in [-0.1, -0.05) is 6.07 Å². The van der Waals surface area contributed by atoms with E-state index in [0.29, 0.717) is 5.95 Å². The highest BCUT2D eigenvalue weighted by molar-refractivity contribution is 5.99. The second-order valence-corrected chi connectivity index (χ2v) is 7.24. The molecule has 1 aliphatic carbocycles. The summed E-state index contributed by atoms with van der Waals surface area (Å²) in [7, 11) is 1.98. The lowest BCUT2D eigenvalue weighted by atomic mass is 9.92. The monoisotopic (exact) mass is 380 g/mol. The Balaban J connectivity index is 1.63. The molecule has 9 heteroatoms. The van der Waals surface area contributed by atoms with Gasteiger partial charge >= 0.3 is 0 Å². The SMILES string of the molecule is Cn1ccc2c(Nc3nc(N[C@H]4CC[C@@H](N)CC4)nnc3C(N)=O)cccc21. The lowest BCUT2D eigenvalue weighted by molar-refractivity contribution is 0.0995. The molecule has 0 saturated heterocycles. The average Bonchev–Trinajstić information content (AvgIpc) is 3.06. The molecular weight excluding hydrogens is 356 g/mol. The standard InChI is InChI=1S/C19H24N8O/c1-27-10-9-13-14(3-2-4-15(13)27)23-18-16(17(21)28)25-26-19(24-18)22-12-7-5-11(20)6-8-12/h2-4,9-12H,5-8,20H2,1H3,(H2,21,28)(H2,22,23,24,26)/t11-,12+. The number of primary amides is 1. The summed E-state index contributed by atoms with van der Waals surface area (Å²) in [5.74, 6) is -0.0278. The summed E-state index contributed by atoms with van der Waals surface area (Å²) in [6.07, 6.45) is 5.81. The predicted octanol–water partition coefficient (Wildman–Crippen LogP) is 1.89. The van der Waals surface area contributed by atoms with Crippen molar-refractivity contribution < 1.29 is 4.79 Å². The number of nitrogens with one attached hydrogen (secondary N) is 2. The van der Waals surface area contributed by atoms with Crippen molar-refractivity contribution in [3.63, 3.8) is 0 Å². The van der Waals surface area contributed by atoms with Crippen LogP contribution in [0.1, 0.15) is 36.2 Å². The van der Waals surface area contributed by atoms with E-state index in [2.05, 4.69) is 25.8 Å². The highest BCUT2D eigenvalue weighted by atomic mass is 16.1. The number of fused-ring (bicyclic) bond motifs is 1. The molecule has 1 aliphatic rings. The first kappa shape index (κ1) is 18.2. The molecule has 146 valence electrons. The van der Waals surface area contributed by atoms with Gasteiger partial charge in [0.15, 0.2) is 11.5 Å². The van der Waals surface area contributed by atoms with Crippen molar-refractivity contribution in [2.24, 2.45) is 18.5 Å². The van der Waals surface area contributed by atoms with Gasteiger partial charge in [0.25, 0.3) is 5.91 Å². The molecular formula is C19H24N8O. The molecule has 0 bridgehead atoms. The van der Waals surface area contributed by atoms with Gasteiger partial charge in [0.1, 0.15) is 0 Å². The number of rotatable bonds is 5. The van der Waals surface area contributed by atoms with Crippen molar-refractivity contribution in [2.45, 2.75) is 37.8 Å². The van der Waals surface area contributed by atoms with E-state index in [-0.39, 0.29) is 23.6 Å². The third kappa shape index (κ3) is 3.61. The minimum atomic E-state index is -0.682. The molecule has 9 nitrogen and oxygen atoms in total. The maximum Gasteiger partial charge on any atom is 0.273 e. The van der Waals surface area contributed by atoms with E-state index in [4.69, 9.17) is 11.5 Å². The van der Waals surface area contributed by atoms with Gasteiger partial charge in [0.05, 0.1) is 0 Å². The first-order valence-corrected chi connectivity index (χ1v) is 9.39. The van der Waals surface area contributed by atoms with Crippen LogP contribution in [0.5, 0.6) is 0 Å². The third-order valence-electron chi connectivity index (χ3n) is 5.21. The molecule has 2 heterocycles. The van der Waals surface area contributed by atoms with Gasteiger partial charge < -0.3 is 26.7 Å². The van der Waals surface area contributed by atoms with Gasteiger partial charge in [0, 0.05) is 41.9 Å². The first-order valence-electron chi connectivity index (χ1n) is 9.39. The number of anilines is 3. The second-order valence-electron chi connectivity index (χ2n) is 7.24. The summed E-state index contributed by atoms with van der Waals surface area (Å²) in [5, 5.41) is 15.5. The van der Waals surface area contributed by atoms with Crippen molar-refractivity contribution >= 4 is 34.3 Å². The zero-order valence-electron chi connectivity index (χ0n) is 15.7. The molecule has 28 heavy (non-hydrogen) atoms. The van der Waals surface area contributed by atoms with E-state index in [1.807, 2.05) is 42.1 Å².